The zero-order valence-electron chi connectivity index (χ0n) is 11.4. The second-order valence-corrected chi connectivity index (χ2v) is 4.99. The second-order valence-electron chi connectivity index (χ2n) is 4.99. The van der Waals surface area contributed by atoms with E-state index in [0.717, 1.165) is 25.3 Å². The number of hydrogen-bond donors (Lipinski definition) is 0. The van der Waals surface area contributed by atoms with Gasteiger partial charge in [0.25, 0.3) is 0 Å². The summed E-state index contributed by atoms with van der Waals surface area (Å²) in [6, 6.07) is 13.0. The van der Waals surface area contributed by atoms with Crippen LogP contribution in [-0.4, -0.2) is 25.2 Å². The van der Waals surface area contributed by atoms with Gasteiger partial charge in [0.2, 0.25) is 5.95 Å². The summed E-state index contributed by atoms with van der Waals surface area (Å²) in [6.07, 6.45) is 1.03. The molecule has 0 radical (unpaired) electrons. The highest BCUT2D eigenvalue weighted by Gasteiger charge is 2.26. The molecule has 1 unspecified atom stereocenters. The van der Waals surface area contributed by atoms with Crippen molar-refractivity contribution in [1.82, 2.24) is 4.98 Å². The van der Waals surface area contributed by atoms with Crippen molar-refractivity contribution in [3.8, 4) is 5.75 Å². The van der Waals surface area contributed by atoms with Crippen LogP contribution in [0.15, 0.2) is 42.5 Å². The van der Waals surface area contributed by atoms with Crippen molar-refractivity contribution in [2.75, 3.05) is 25.1 Å². The van der Waals surface area contributed by atoms with Crippen molar-refractivity contribution >= 4 is 5.82 Å². The van der Waals surface area contributed by atoms with E-state index >= 15 is 0 Å². The van der Waals surface area contributed by atoms with Gasteiger partial charge in [-0.3, -0.25) is 0 Å². The number of benzene rings is 1. The first-order chi connectivity index (χ1) is 9.78. The number of rotatable bonds is 3. The van der Waals surface area contributed by atoms with E-state index in [1.54, 1.807) is 13.2 Å². The summed E-state index contributed by atoms with van der Waals surface area (Å²) in [4.78, 5) is 6.08. The molecule has 0 aliphatic carbocycles. The van der Waals surface area contributed by atoms with Gasteiger partial charge in [0, 0.05) is 19.0 Å². The molecule has 0 N–H and O–H groups in total. The standard InChI is InChI=1S/C16H17FN2O/c1-20-14-6-3-2-5-13(14)12-9-10-19(11-12)16-8-4-7-15(17)18-16/h2-8,12H,9-11H2,1H3. The van der Waals surface area contributed by atoms with E-state index in [0.29, 0.717) is 11.7 Å². The predicted molar refractivity (Wildman–Crippen MR) is 76.8 cm³/mol. The number of anilines is 1. The van der Waals surface area contributed by atoms with E-state index < -0.39 is 5.95 Å². The van der Waals surface area contributed by atoms with Crippen LogP contribution in [0.2, 0.25) is 0 Å². The molecule has 4 heteroatoms. The highest BCUT2D eigenvalue weighted by Crippen LogP contribution is 2.34. The highest BCUT2D eigenvalue weighted by molar-refractivity contribution is 5.44. The molecule has 1 fully saturated rings. The van der Waals surface area contributed by atoms with Crippen molar-refractivity contribution in [3.63, 3.8) is 0 Å². The van der Waals surface area contributed by atoms with Gasteiger partial charge in [-0.2, -0.15) is 4.39 Å². The van der Waals surface area contributed by atoms with E-state index in [4.69, 9.17) is 4.74 Å². The minimum atomic E-state index is -0.428. The minimum Gasteiger partial charge on any atom is -0.496 e. The zero-order chi connectivity index (χ0) is 13.9. The van der Waals surface area contributed by atoms with Crippen molar-refractivity contribution in [2.24, 2.45) is 0 Å². The van der Waals surface area contributed by atoms with Crippen LogP contribution in [0.1, 0.15) is 17.9 Å². The van der Waals surface area contributed by atoms with Gasteiger partial charge in [0.15, 0.2) is 0 Å². The third-order valence-corrected chi connectivity index (χ3v) is 3.79. The molecule has 3 nitrogen and oxygen atoms in total. The van der Waals surface area contributed by atoms with Crippen molar-refractivity contribution in [3.05, 3.63) is 54.0 Å². The van der Waals surface area contributed by atoms with Gasteiger partial charge in [0.1, 0.15) is 11.6 Å². The van der Waals surface area contributed by atoms with Crippen molar-refractivity contribution in [1.29, 1.82) is 0 Å². The number of aromatic nitrogens is 1. The molecule has 0 bridgehead atoms. The Kier molecular flexibility index (Phi) is 3.54. The molecule has 1 atom stereocenters. The second kappa shape index (κ2) is 5.49. The molecule has 1 aromatic carbocycles. The fourth-order valence-electron chi connectivity index (χ4n) is 2.80. The van der Waals surface area contributed by atoms with Crippen LogP contribution in [0.4, 0.5) is 10.2 Å². The SMILES string of the molecule is COc1ccccc1C1CCN(c2cccc(F)n2)C1. The van der Waals surface area contributed by atoms with Crippen LogP contribution in [0.5, 0.6) is 5.75 Å². The summed E-state index contributed by atoms with van der Waals surface area (Å²) in [7, 11) is 1.69. The zero-order valence-corrected chi connectivity index (χ0v) is 11.4. The summed E-state index contributed by atoms with van der Waals surface area (Å²) in [6.45, 7) is 1.73. The Balaban J connectivity index is 1.80. The molecule has 20 heavy (non-hydrogen) atoms. The van der Waals surface area contributed by atoms with Gasteiger partial charge in [0.05, 0.1) is 7.11 Å². The fourth-order valence-corrected chi connectivity index (χ4v) is 2.80. The highest BCUT2D eigenvalue weighted by atomic mass is 19.1. The lowest BCUT2D eigenvalue weighted by Crippen LogP contribution is -2.20. The van der Waals surface area contributed by atoms with Crippen LogP contribution in [0, 0.1) is 5.95 Å². The van der Waals surface area contributed by atoms with Crippen LogP contribution in [0.3, 0.4) is 0 Å². The van der Waals surface area contributed by atoms with Gasteiger partial charge >= 0.3 is 0 Å². The number of para-hydroxylation sites is 1. The maximum absolute atomic E-state index is 13.2. The Bertz CT molecular complexity index is 603. The molecule has 2 heterocycles. The summed E-state index contributed by atoms with van der Waals surface area (Å²) >= 11 is 0. The maximum Gasteiger partial charge on any atom is 0.214 e. The van der Waals surface area contributed by atoms with Crippen LogP contribution >= 0.6 is 0 Å². The summed E-state index contributed by atoms with van der Waals surface area (Å²) in [5.41, 5.74) is 1.22. The Morgan fingerprint density at radius 2 is 2.05 bits per heavy atom. The molecular formula is C16H17FN2O. The number of methoxy groups -OCH3 is 1. The van der Waals surface area contributed by atoms with E-state index in [2.05, 4.69) is 16.0 Å². The first-order valence-corrected chi connectivity index (χ1v) is 6.78. The Labute approximate surface area is 118 Å². The molecule has 1 aromatic heterocycles. The van der Waals surface area contributed by atoms with Gasteiger partial charge in [-0.1, -0.05) is 24.3 Å². The number of hydrogen-bond acceptors (Lipinski definition) is 3. The molecule has 3 rings (SSSR count). The van der Waals surface area contributed by atoms with Gasteiger partial charge < -0.3 is 9.64 Å². The van der Waals surface area contributed by atoms with E-state index in [9.17, 15) is 4.39 Å². The molecule has 1 saturated heterocycles. The third-order valence-electron chi connectivity index (χ3n) is 3.79. The Morgan fingerprint density at radius 3 is 2.85 bits per heavy atom. The van der Waals surface area contributed by atoms with Gasteiger partial charge in [-0.05, 0) is 30.2 Å². The fraction of sp³-hybridized carbons (Fsp3) is 0.312. The number of pyridine rings is 1. The Morgan fingerprint density at radius 1 is 1.20 bits per heavy atom. The van der Waals surface area contributed by atoms with Crippen molar-refractivity contribution < 1.29 is 9.13 Å². The monoisotopic (exact) mass is 272 g/mol. The molecule has 0 amide bonds. The number of ether oxygens (including phenoxy) is 1. The lowest BCUT2D eigenvalue weighted by Gasteiger charge is -2.18. The van der Waals surface area contributed by atoms with Gasteiger partial charge in [-0.15, -0.1) is 0 Å². The molecule has 0 saturated carbocycles. The minimum absolute atomic E-state index is 0.399. The van der Waals surface area contributed by atoms with E-state index in [1.807, 2.05) is 24.3 Å². The smallest absolute Gasteiger partial charge is 0.214 e. The molecule has 1 aliphatic rings. The summed E-state index contributed by atoms with van der Waals surface area (Å²) in [5.74, 6) is 1.61. The first kappa shape index (κ1) is 12.9. The van der Waals surface area contributed by atoms with Crippen LogP contribution in [-0.2, 0) is 0 Å². The quantitative estimate of drug-likeness (QED) is 0.802. The average Bonchev–Trinajstić information content (AvgIpc) is 2.97. The van der Waals surface area contributed by atoms with E-state index in [1.165, 1.54) is 11.6 Å². The average molecular weight is 272 g/mol. The molecular weight excluding hydrogens is 255 g/mol. The first-order valence-electron chi connectivity index (χ1n) is 6.78. The largest absolute Gasteiger partial charge is 0.496 e. The normalized spacial score (nSPS) is 18.3. The summed E-state index contributed by atoms with van der Waals surface area (Å²) < 4.78 is 18.6. The van der Waals surface area contributed by atoms with Gasteiger partial charge in [-0.25, -0.2) is 4.98 Å². The molecule has 104 valence electrons. The lowest BCUT2D eigenvalue weighted by molar-refractivity contribution is 0.406. The van der Waals surface area contributed by atoms with Crippen LogP contribution < -0.4 is 9.64 Å². The van der Waals surface area contributed by atoms with Crippen molar-refractivity contribution in [2.45, 2.75) is 12.3 Å². The van der Waals surface area contributed by atoms with Crippen LogP contribution in [0.25, 0.3) is 0 Å². The lowest BCUT2D eigenvalue weighted by atomic mass is 9.97. The molecule has 0 spiro atoms. The third kappa shape index (κ3) is 2.46. The predicted octanol–water partition coefficient (Wildman–Crippen LogP) is 3.22. The molecule has 2 aromatic rings. The van der Waals surface area contributed by atoms with E-state index in [-0.39, 0.29) is 0 Å². The topological polar surface area (TPSA) is 25.4 Å². The number of halogens is 1. The maximum atomic E-state index is 13.2. The summed E-state index contributed by atoms with van der Waals surface area (Å²) in [5, 5.41) is 0. The Hall–Kier alpha value is -2.10. The number of nitrogens with zero attached hydrogens (tertiary/aromatic N) is 2. The molecule has 1 aliphatic heterocycles.